The molecule has 0 spiro atoms. The number of carbonyl (C=O) groups excluding carboxylic acids is 1. The van der Waals surface area contributed by atoms with Gasteiger partial charge in [-0.1, -0.05) is 6.07 Å². The van der Waals surface area contributed by atoms with E-state index >= 15 is 0 Å². The first-order valence-electron chi connectivity index (χ1n) is 9.82. The molecule has 0 N–H and O–H groups in total. The van der Waals surface area contributed by atoms with E-state index in [1.54, 1.807) is 23.1 Å². The van der Waals surface area contributed by atoms with Crippen molar-refractivity contribution in [2.75, 3.05) is 44.3 Å². The summed E-state index contributed by atoms with van der Waals surface area (Å²) in [5.41, 5.74) is 0.296. The van der Waals surface area contributed by atoms with Crippen LogP contribution in [0.1, 0.15) is 22.3 Å². The summed E-state index contributed by atoms with van der Waals surface area (Å²) in [6.07, 6.45) is -2.07. The average molecular weight is 421 g/mol. The Morgan fingerprint density at radius 3 is 2.57 bits per heavy atom. The third kappa shape index (κ3) is 4.67. The van der Waals surface area contributed by atoms with E-state index in [-0.39, 0.29) is 12.0 Å². The molecular weight excluding hydrogens is 399 g/mol. The molecule has 2 aliphatic heterocycles. The summed E-state index contributed by atoms with van der Waals surface area (Å²) in [5.74, 6) is 0.304. The number of rotatable bonds is 4. The number of alkyl halides is 3. The van der Waals surface area contributed by atoms with Crippen molar-refractivity contribution >= 4 is 11.6 Å². The Labute approximate surface area is 172 Å². The van der Waals surface area contributed by atoms with Crippen molar-refractivity contribution in [1.82, 2.24) is 9.88 Å². The Bertz CT molecular complexity index is 875. The van der Waals surface area contributed by atoms with Crippen LogP contribution in [0.4, 0.5) is 18.9 Å². The molecule has 1 aromatic carbocycles. The van der Waals surface area contributed by atoms with Crippen LogP contribution in [0, 0.1) is 0 Å². The number of hydrogen-bond donors (Lipinski definition) is 0. The summed E-state index contributed by atoms with van der Waals surface area (Å²) in [7, 11) is 0. The van der Waals surface area contributed by atoms with Gasteiger partial charge >= 0.3 is 6.18 Å². The van der Waals surface area contributed by atoms with Crippen LogP contribution in [-0.4, -0.2) is 61.3 Å². The average Bonchev–Trinajstić information content (AvgIpc) is 3.26. The van der Waals surface area contributed by atoms with Gasteiger partial charge in [0.15, 0.2) is 0 Å². The molecule has 1 atom stereocenters. The molecule has 3 heterocycles. The van der Waals surface area contributed by atoms with E-state index in [9.17, 15) is 18.0 Å². The second-order valence-corrected chi connectivity index (χ2v) is 7.32. The Hall–Kier alpha value is -2.81. The molecule has 0 radical (unpaired) electrons. The lowest BCUT2D eigenvalue weighted by Gasteiger charge is -2.36. The number of anilines is 1. The van der Waals surface area contributed by atoms with Crippen LogP contribution in [0.25, 0.3) is 0 Å². The lowest BCUT2D eigenvalue weighted by molar-refractivity contribution is -0.137. The SMILES string of the molecule is O=C(c1ccc(O[C@H]2CCOC2)nc1)N1CCN(c2cccc(C(F)(F)F)c2)CC1. The fraction of sp³-hybridized carbons (Fsp3) is 0.429. The Morgan fingerprint density at radius 2 is 1.93 bits per heavy atom. The molecule has 2 aromatic rings. The van der Waals surface area contributed by atoms with Crippen LogP contribution in [-0.2, 0) is 10.9 Å². The minimum absolute atomic E-state index is 0.0111. The van der Waals surface area contributed by atoms with Gasteiger partial charge in [0.2, 0.25) is 5.88 Å². The standard InChI is InChI=1S/C21H22F3N3O3/c22-21(23,24)16-2-1-3-17(12-16)26-7-9-27(10-8-26)20(28)15-4-5-19(25-13-15)30-18-6-11-29-14-18/h1-5,12-13,18H,6-11,14H2/t18-/m0/s1. The van der Waals surface area contributed by atoms with Gasteiger partial charge in [-0.25, -0.2) is 4.98 Å². The van der Waals surface area contributed by atoms with Crippen LogP contribution < -0.4 is 9.64 Å². The molecule has 9 heteroatoms. The molecule has 0 unspecified atom stereocenters. The third-order valence-electron chi connectivity index (χ3n) is 5.26. The van der Waals surface area contributed by atoms with Gasteiger partial charge in [0.05, 0.1) is 24.3 Å². The number of amides is 1. The zero-order valence-corrected chi connectivity index (χ0v) is 16.3. The zero-order chi connectivity index (χ0) is 21.1. The van der Waals surface area contributed by atoms with Crippen LogP contribution in [0.15, 0.2) is 42.6 Å². The summed E-state index contributed by atoms with van der Waals surface area (Å²) < 4.78 is 49.8. The van der Waals surface area contributed by atoms with Gasteiger partial charge in [0.1, 0.15) is 6.10 Å². The molecule has 0 bridgehead atoms. The maximum Gasteiger partial charge on any atom is 0.416 e. The maximum absolute atomic E-state index is 12.9. The van der Waals surface area contributed by atoms with E-state index in [1.807, 2.05) is 4.90 Å². The van der Waals surface area contributed by atoms with Crippen molar-refractivity contribution in [3.63, 3.8) is 0 Å². The van der Waals surface area contributed by atoms with Gasteiger partial charge in [-0.2, -0.15) is 13.2 Å². The van der Waals surface area contributed by atoms with E-state index in [0.29, 0.717) is 56.5 Å². The number of benzene rings is 1. The minimum atomic E-state index is -4.37. The molecule has 2 saturated heterocycles. The fourth-order valence-electron chi connectivity index (χ4n) is 3.58. The van der Waals surface area contributed by atoms with Crippen molar-refractivity contribution in [2.24, 2.45) is 0 Å². The number of nitrogens with zero attached hydrogens (tertiary/aromatic N) is 3. The molecule has 1 amide bonds. The van der Waals surface area contributed by atoms with Gasteiger partial charge in [-0.15, -0.1) is 0 Å². The minimum Gasteiger partial charge on any atom is -0.472 e. The number of pyridine rings is 1. The molecule has 2 fully saturated rings. The van der Waals surface area contributed by atoms with Gasteiger partial charge in [0.25, 0.3) is 5.91 Å². The summed E-state index contributed by atoms with van der Waals surface area (Å²) in [4.78, 5) is 20.5. The fourth-order valence-corrected chi connectivity index (χ4v) is 3.58. The first-order valence-corrected chi connectivity index (χ1v) is 9.82. The number of hydrogen-bond acceptors (Lipinski definition) is 5. The van der Waals surface area contributed by atoms with E-state index < -0.39 is 11.7 Å². The summed E-state index contributed by atoms with van der Waals surface area (Å²) in [5, 5.41) is 0. The monoisotopic (exact) mass is 421 g/mol. The van der Waals surface area contributed by atoms with Crippen LogP contribution in [0.2, 0.25) is 0 Å². The van der Waals surface area contributed by atoms with Gasteiger partial charge in [0, 0.05) is 50.6 Å². The first kappa shape index (κ1) is 20.5. The van der Waals surface area contributed by atoms with Crippen molar-refractivity contribution in [1.29, 1.82) is 0 Å². The first-order chi connectivity index (χ1) is 14.4. The molecule has 4 rings (SSSR count). The summed E-state index contributed by atoms with van der Waals surface area (Å²) in [6.45, 7) is 2.98. The highest BCUT2D eigenvalue weighted by Crippen LogP contribution is 2.32. The number of halogens is 3. The van der Waals surface area contributed by atoms with E-state index in [0.717, 1.165) is 18.6 Å². The van der Waals surface area contributed by atoms with Crippen molar-refractivity contribution in [3.8, 4) is 5.88 Å². The summed E-state index contributed by atoms with van der Waals surface area (Å²) in [6, 6.07) is 8.62. The van der Waals surface area contributed by atoms with E-state index in [2.05, 4.69) is 4.98 Å². The van der Waals surface area contributed by atoms with E-state index in [1.165, 1.54) is 12.3 Å². The molecule has 1 aromatic heterocycles. The maximum atomic E-state index is 12.9. The van der Waals surface area contributed by atoms with Crippen LogP contribution in [0.5, 0.6) is 5.88 Å². The number of aromatic nitrogens is 1. The molecule has 30 heavy (non-hydrogen) atoms. The van der Waals surface area contributed by atoms with Crippen LogP contribution >= 0.6 is 0 Å². The third-order valence-corrected chi connectivity index (χ3v) is 5.26. The van der Waals surface area contributed by atoms with Gasteiger partial charge < -0.3 is 19.3 Å². The Morgan fingerprint density at radius 1 is 1.13 bits per heavy atom. The highest BCUT2D eigenvalue weighted by molar-refractivity contribution is 5.94. The van der Waals surface area contributed by atoms with Crippen molar-refractivity contribution < 1.29 is 27.4 Å². The lowest BCUT2D eigenvalue weighted by atomic mass is 10.1. The lowest BCUT2D eigenvalue weighted by Crippen LogP contribution is -2.48. The molecule has 0 aliphatic carbocycles. The Balaban J connectivity index is 1.34. The normalized spacial score (nSPS) is 19.8. The van der Waals surface area contributed by atoms with Crippen LogP contribution in [0.3, 0.4) is 0 Å². The predicted molar refractivity (Wildman–Crippen MR) is 104 cm³/mol. The topological polar surface area (TPSA) is 54.9 Å². The molecule has 6 nitrogen and oxygen atoms in total. The number of carbonyl (C=O) groups is 1. The number of ether oxygens (including phenoxy) is 2. The van der Waals surface area contributed by atoms with Crippen molar-refractivity contribution in [2.45, 2.75) is 18.7 Å². The van der Waals surface area contributed by atoms with Gasteiger partial charge in [-0.3, -0.25) is 4.79 Å². The predicted octanol–water partition coefficient (Wildman–Crippen LogP) is 3.23. The van der Waals surface area contributed by atoms with Gasteiger partial charge in [-0.05, 0) is 24.3 Å². The zero-order valence-electron chi connectivity index (χ0n) is 16.3. The smallest absolute Gasteiger partial charge is 0.416 e. The molecule has 160 valence electrons. The number of piperazine rings is 1. The second-order valence-electron chi connectivity index (χ2n) is 7.32. The Kier molecular flexibility index (Phi) is 5.80. The van der Waals surface area contributed by atoms with E-state index in [4.69, 9.17) is 9.47 Å². The highest BCUT2D eigenvalue weighted by atomic mass is 19.4. The molecule has 0 saturated carbocycles. The quantitative estimate of drug-likeness (QED) is 0.759. The molecular formula is C21H22F3N3O3. The second kappa shape index (κ2) is 8.51. The molecule has 2 aliphatic rings. The highest BCUT2D eigenvalue weighted by Gasteiger charge is 2.31. The largest absolute Gasteiger partial charge is 0.472 e. The van der Waals surface area contributed by atoms with Crippen molar-refractivity contribution in [3.05, 3.63) is 53.7 Å². The summed E-state index contributed by atoms with van der Waals surface area (Å²) >= 11 is 0.